The Morgan fingerprint density at radius 2 is 2.44 bits per heavy atom. The van der Waals surface area contributed by atoms with Gasteiger partial charge in [0.15, 0.2) is 5.82 Å². The highest BCUT2D eigenvalue weighted by Gasteiger charge is 2.18. The van der Waals surface area contributed by atoms with E-state index >= 15 is 0 Å². The molecular formula is C10H13N5O. The largest absolute Gasteiger partial charge is 0.363 e. The molecule has 0 aromatic carbocycles. The van der Waals surface area contributed by atoms with E-state index in [1.807, 2.05) is 6.92 Å². The van der Waals surface area contributed by atoms with Gasteiger partial charge in [-0.2, -0.15) is 0 Å². The summed E-state index contributed by atoms with van der Waals surface area (Å²) in [7, 11) is 0. The van der Waals surface area contributed by atoms with Gasteiger partial charge in [-0.1, -0.05) is 5.16 Å². The molecule has 0 amide bonds. The first kappa shape index (κ1) is 9.53. The number of nitrogens with one attached hydrogen (secondary N) is 2. The van der Waals surface area contributed by atoms with Gasteiger partial charge in [-0.3, -0.25) is 0 Å². The molecule has 2 aromatic heterocycles. The quantitative estimate of drug-likeness (QED) is 0.774. The Kier molecular flexibility index (Phi) is 2.21. The SMILES string of the molecule is Cc1noc2c(NC3CCNC3)ncnc12. The second kappa shape index (κ2) is 3.71. The van der Waals surface area contributed by atoms with Crippen molar-refractivity contribution in [3.8, 4) is 0 Å². The van der Waals surface area contributed by atoms with Crippen LogP contribution in [0.2, 0.25) is 0 Å². The first-order valence-corrected chi connectivity index (χ1v) is 5.39. The summed E-state index contributed by atoms with van der Waals surface area (Å²) in [6, 6.07) is 0.406. The van der Waals surface area contributed by atoms with E-state index in [-0.39, 0.29) is 0 Å². The molecule has 1 saturated heterocycles. The standard InChI is InChI=1S/C10H13N5O/c1-6-8-9(16-15-6)10(13-5-12-8)14-7-2-3-11-4-7/h5,7,11H,2-4H2,1H3,(H,12,13,14). The monoisotopic (exact) mass is 219 g/mol. The number of aromatic nitrogens is 3. The number of hydrogen-bond acceptors (Lipinski definition) is 6. The van der Waals surface area contributed by atoms with E-state index in [0.29, 0.717) is 11.6 Å². The van der Waals surface area contributed by atoms with Gasteiger partial charge >= 0.3 is 0 Å². The molecule has 1 unspecified atom stereocenters. The molecule has 1 atom stereocenters. The summed E-state index contributed by atoms with van der Waals surface area (Å²) < 4.78 is 5.23. The van der Waals surface area contributed by atoms with E-state index in [9.17, 15) is 0 Å². The predicted octanol–water partition coefficient (Wildman–Crippen LogP) is 0.700. The van der Waals surface area contributed by atoms with Crippen molar-refractivity contribution < 1.29 is 4.52 Å². The summed E-state index contributed by atoms with van der Waals surface area (Å²) in [5.74, 6) is 0.735. The van der Waals surface area contributed by atoms with Crippen LogP contribution in [0, 0.1) is 6.92 Å². The van der Waals surface area contributed by atoms with Crippen LogP contribution in [0.5, 0.6) is 0 Å². The second-order valence-electron chi connectivity index (χ2n) is 4.00. The fraction of sp³-hybridized carbons (Fsp3) is 0.500. The van der Waals surface area contributed by atoms with Crippen LogP contribution in [0.3, 0.4) is 0 Å². The zero-order valence-electron chi connectivity index (χ0n) is 9.03. The molecule has 1 aliphatic heterocycles. The van der Waals surface area contributed by atoms with E-state index < -0.39 is 0 Å². The highest BCUT2D eigenvalue weighted by Crippen LogP contribution is 2.22. The van der Waals surface area contributed by atoms with Gasteiger partial charge in [0.05, 0.1) is 0 Å². The Bertz CT molecular complexity index is 503. The van der Waals surface area contributed by atoms with Crippen LogP contribution < -0.4 is 10.6 Å². The van der Waals surface area contributed by atoms with Crippen LogP contribution in [0.1, 0.15) is 12.1 Å². The molecule has 2 N–H and O–H groups in total. The second-order valence-corrected chi connectivity index (χ2v) is 4.00. The van der Waals surface area contributed by atoms with Crippen molar-refractivity contribution in [1.82, 2.24) is 20.4 Å². The van der Waals surface area contributed by atoms with E-state index in [1.165, 1.54) is 6.33 Å². The molecule has 0 spiro atoms. The van der Waals surface area contributed by atoms with Crippen molar-refractivity contribution in [2.24, 2.45) is 0 Å². The minimum Gasteiger partial charge on any atom is -0.363 e. The van der Waals surface area contributed by atoms with Gasteiger partial charge in [0.1, 0.15) is 17.5 Å². The first-order valence-electron chi connectivity index (χ1n) is 5.39. The number of rotatable bonds is 2. The molecule has 6 nitrogen and oxygen atoms in total. The third kappa shape index (κ3) is 1.51. The Morgan fingerprint density at radius 3 is 3.25 bits per heavy atom. The van der Waals surface area contributed by atoms with Crippen molar-refractivity contribution in [3.05, 3.63) is 12.0 Å². The molecule has 0 bridgehead atoms. The first-order chi connectivity index (χ1) is 7.84. The minimum absolute atomic E-state index is 0.406. The zero-order valence-corrected chi connectivity index (χ0v) is 9.03. The molecule has 2 aromatic rings. The lowest BCUT2D eigenvalue weighted by atomic mass is 10.2. The fourth-order valence-electron chi connectivity index (χ4n) is 1.95. The summed E-state index contributed by atoms with van der Waals surface area (Å²) >= 11 is 0. The van der Waals surface area contributed by atoms with Gasteiger partial charge in [-0.15, -0.1) is 0 Å². The summed E-state index contributed by atoms with van der Waals surface area (Å²) in [6.07, 6.45) is 2.63. The number of aryl methyl sites for hydroxylation is 1. The Balaban J connectivity index is 1.96. The average molecular weight is 219 g/mol. The van der Waals surface area contributed by atoms with Gasteiger partial charge in [-0.25, -0.2) is 9.97 Å². The molecule has 1 aliphatic rings. The normalized spacial score (nSPS) is 20.4. The summed E-state index contributed by atoms with van der Waals surface area (Å²) in [6.45, 7) is 3.87. The lowest BCUT2D eigenvalue weighted by Crippen LogP contribution is -2.22. The topological polar surface area (TPSA) is 75.9 Å². The molecular weight excluding hydrogens is 206 g/mol. The third-order valence-electron chi connectivity index (χ3n) is 2.82. The molecule has 1 fully saturated rings. The molecule has 3 heterocycles. The van der Waals surface area contributed by atoms with Crippen LogP contribution in [-0.4, -0.2) is 34.3 Å². The zero-order chi connectivity index (χ0) is 11.0. The molecule has 0 saturated carbocycles. The number of anilines is 1. The highest BCUT2D eigenvalue weighted by molar-refractivity contribution is 5.84. The lowest BCUT2D eigenvalue weighted by Gasteiger charge is -2.10. The Hall–Kier alpha value is -1.69. The summed E-state index contributed by atoms with van der Waals surface area (Å²) in [5, 5.41) is 10.5. The predicted molar refractivity (Wildman–Crippen MR) is 59.2 cm³/mol. The van der Waals surface area contributed by atoms with Crippen molar-refractivity contribution in [2.45, 2.75) is 19.4 Å². The van der Waals surface area contributed by atoms with E-state index in [0.717, 1.165) is 36.5 Å². The van der Waals surface area contributed by atoms with Gasteiger partial charge in [0.25, 0.3) is 0 Å². The van der Waals surface area contributed by atoms with E-state index in [2.05, 4.69) is 25.8 Å². The van der Waals surface area contributed by atoms with Crippen LogP contribution in [0.4, 0.5) is 5.82 Å². The number of hydrogen-bond donors (Lipinski definition) is 2. The third-order valence-corrected chi connectivity index (χ3v) is 2.82. The maximum atomic E-state index is 5.23. The fourth-order valence-corrected chi connectivity index (χ4v) is 1.95. The Morgan fingerprint density at radius 1 is 1.50 bits per heavy atom. The molecule has 0 radical (unpaired) electrons. The maximum absolute atomic E-state index is 5.23. The van der Waals surface area contributed by atoms with Gasteiger partial charge in [-0.05, 0) is 19.9 Å². The van der Waals surface area contributed by atoms with Crippen molar-refractivity contribution in [2.75, 3.05) is 18.4 Å². The number of fused-ring (bicyclic) bond motifs is 1. The smallest absolute Gasteiger partial charge is 0.227 e. The lowest BCUT2D eigenvalue weighted by molar-refractivity contribution is 0.450. The van der Waals surface area contributed by atoms with Gasteiger partial charge in [0.2, 0.25) is 5.58 Å². The molecule has 16 heavy (non-hydrogen) atoms. The summed E-state index contributed by atoms with van der Waals surface area (Å²) in [5.41, 5.74) is 2.22. The van der Waals surface area contributed by atoms with E-state index in [1.54, 1.807) is 0 Å². The molecule has 6 heteroatoms. The van der Waals surface area contributed by atoms with Crippen molar-refractivity contribution in [3.63, 3.8) is 0 Å². The molecule has 3 rings (SSSR count). The molecule has 84 valence electrons. The minimum atomic E-state index is 0.406. The van der Waals surface area contributed by atoms with Crippen LogP contribution in [0.25, 0.3) is 11.1 Å². The van der Waals surface area contributed by atoms with Crippen LogP contribution in [0.15, 0.2) is 10.9 Å². The average Bonchev–Trinajstić information content (AvgIpc) is 2.90. The van der Waals surface area contributed by atoms with Crippen LogP contribution in [-0.2, 0) is 0 Å². The van der Waals surface area contributed by atoms with Gasteiger partial charge in [0, 0.05) is 12.6 Å². The Labute approximate surface area is 92.4 Å². The number of nitrogens with zero attached hydrogens (tertiary/aromatic N) is 3. The highest BCUT2D eigenvalue weighted by atomic mass is 16.5. The molecule has 0 aliphatic carbocycles. The maximum Gasteiger partial charge on any atom is 0.227 e. The van der Waals surface area contributed by atoms with E-state index in [4.69, 9.17) is 4.52 Å². The van der Waals surface area contributed by atoms with Crippen molar-refractivity contribution >= 4 is 16.9 Å². The van der Waals surface area contributed by atoms with Crippen molar-refractivity contribution in [1.29, 1.82) is 0 Å². The van der Waals surface area contributed by atoms with Crippen LogP contribution >= 0.6 is 0 Å². The summed E-state index contributed by atoms with van der Waals surface area (Å²) in [4.78, 5) is 8.35. The van der Waals surface area contributed by atoms with Gasteiger partial charge < -0.3 is 15.2 Å².